The van der Waals surface area contributed by atoms with Crippen molar-refractivity contribution in [1.82, 2.24) is 9.97 Å². The summed E-state index contributed by atoms with van der Waals surface area (Å²) in [4.78, 5) is 20.5. The lowest BCUT2D eigenvalue weighted by Crippen LogP contribution is -1.89. The van der Waals surface area contributed by atoms with Gasteiger partial charge in [-0.25, -0.2) is 4.98 Å². The quantitative estimate of drug-likeness (QED) is 0.764. The van der Waals surface area contributed by atoms with Gasteiger partial charge in [0.15, 0.2) is 5.78 Å². The molecule has 0 aliphatic carbocycles. The van der Waals surface area contributed by atoms with E-state index in [0.29, 0.717) is 4.88 Å². The number of ketones is 1. The Balaban J connectivity index is 2.46. The van der Waals surface area contributed by atoms with E-state index in [4.69, 9.17) is 0 Å². The van der Waals surface area contributed by atoms with E-state index in [1.807, 2.05) is 12.1 Å². The van der Waals surface area contributed by atoms with E-state index in [2.05, 4.69) is 16.9 Å². The first-order chi connectivity index (χ1) is 7.72. The monoisotopic (exact) mass is 232 g/mol. The zero-order valence-corrected chi connectivity index (χ0v) is 10.0. The van der Waals surface area contributed by atoms with E-state index < -0.39 is 0 Å². The molecule has 0 fully saturated rings. The van der Waals surface area contributed by atoms with E-state index in [-0.39, 0.29) is 5.78 Å². The first kappa shape index (κ1) is 11.0. The van der Waals surface area contributed by atoms with Crippen molar-refractivity contribution in [1.29, 1.82) is 0 Å². The third kappa shape index (κ3) is 2.02. The summed E-state index contributed by atoms with van der Waals surface area (Å²) < 4.78 is 0. The molecule has 2 rings (SSSR count). The summed E-state index contributed by atoms with van der Waals surface area (Å²) in [7, 11) is 0. The van der Waals surface area contributed by atoms with Crippen LogP contribution in [0, 0.1) is 0 Å². The predicted molar refractivity (Wildman–Crippen MR) is 64.7 cm³/mol. The number of nitrogens with zero attached hydrogens (tertiary/aromatic N) is 2. The molecule has 0 radical (unpaired) electrons. The molecule has 0 spiro atoms. The highest BCUT2D eigenvalue weighted by atomic mass is 32.1. The minimum absolute atomic E-state index is 0.0535. The molecule has 0 unspecified atom stereocenters. The third-order valence-corrected chi connectivity index (χ3v) is 3.43. The number of pyridine rings is 1. The van der Waals surface area contributed by atoms with Crippen LogP contribution in [0.4, 0.5) is 0 Å². The van der Waals surface area contributed by atoms with Gasteiger partial charge in [0.25, 0.3) is 0 Å². The van der Waals surface area contributed by atoms with Crippen LogP contribution in [0.1, 0.15) is 29.1 Å². The van der Waals surface area contributed by atoms with Crippen molar-refractivity contribution in [2.75, 3.05) is 0 Å². The van der Waals surface area contributed by atoms with Gasteiger partial charge in [0.2, 0.25) is 0 Å². The molecule has 82 valence electrons. The van der Waals surface area contributed by atoms with E-state index in [1.54, 1.807) is 19.3 Å². The second kappa shape index (κ2) is 4.53. The van der Waals surface area contributed by atoms with Gasteiger partial charge < -0.3 is 0 Å². The molecule has 2 aromatic rings. The molecule has 4 heteroatoms. The van der Waals surface area contributed by atoms with Gasteiger partial charge >= 0.3 is 0 Å². The van der Waals surface area contributed by atoms with Gasteiger partial charge in [0.05, 0.1) is 4.88 Å². The number of hydrogen-bond donors (Lipinski definition) is 0. The lowest BCUT2D eigenvalue weighted by Gasteiger charge is -2.01. The fourth-order valence-electron chi connectivity index (χ4n) is 1.46. The van der Waals surface area contributed by atoms with E-state index in [9.17, 15) is 4.79 Å². The lowest BCUT2D eigenvalue weighted by molar-refractivity contribution is 0.102. The van der Waals surface area contributed by atoms with Gasteiger partial charge in [-0.15, -0.1) is 11.3 Å². The molecule has 0 saturated heterocycles. The van der Waals surface area contributed by atoms with Crippen molar-refractivity contribution >= 4 is 17.1 Å². The molecule has 0 aliphatic heterocycles. The maximum Gasteiger partial charge on any atom is 0.171 e. The standard InChI is InChI=1S/C12H12N2OS/c1-3-9-5-4-6-13-11(9)12-14-7-10(16-12)8(2)15/h4-7H,3H2,1-2H3. The SMILES string of the molecule is CCc1cccnc1-c1ncc(C(C)=O)s1. The van der Waals surface area contributed by atoms with Crippen molar-refractivity contribution in [2.45, 2.75) is 20.3 Å². The Bertz CT molecular complexity index is 519. The zero-order valence-electron chi connectivity index (χ0n) is 9.23. The van der Waals surface area contributed by atoms with Crippen molar-refractivity contribution in [2.24, 2.45) is 0 Å². The van der Waals surface area contributed by atoms with Gasteiger partial charge in [-0.05, 0) is 18.1 Å². The number of hydrogen-bond acceptors (Lipinski definition) is 4. The molecule has 0 atom stereocenters. The summed E-state index contributed by atoms with van der Waals surface area (Å²) in [6.07, 6.45) is 4.29. The molecule has 2 aromatic heterocycles. The topological polar surface area (TPSA) is 42.9 Å². The van der Waals surface area contributed by atoms with Crippen LogP contribution in [-0.4, -0.2) is 15.8 Å². The second-order valence-electron chi connectivity index (χ2n) is 3.45. The van der Waals surface area contributed by atoms with Crippen LogP contribution in [0.5, 0.6) is 0 Å². The zero-order chi connectivity index (χ0) is 11.5. The highest BCUT2D eigenvalue weighted by molar-refractivity contribution is 7.16. The van der Waals surface area contributed by atoms with Gasteiger partial charge in [0.1, 0.15) is 10.7 Å². The summed E-state index contributed by atoms with van der Waals surface area (Å²) in [5, 5.41) is 0.822. The Labute approximate surface area is 98.2 Å². The molecule has 16 heavy (non-hydrogen) atoms. The number of aromatic nitrogens is 2. The number of aryl methyl sites for hydroxylation is 1. The summed E-state index contributed by atoms with van der Waals surface area (Å²) in [5.74, 6) is 0.0535. The Morgan fingerprint density at radius 1 is 1.44 bits per heavy atom. The van der Waals surface area contributed by atoms with Gasteiger partial charge in [-0.3, -0.25) is 9.78 Å². The first-order valence-corrected chi connectivity index (χ1v) is 5.95. The molecular weight excluding hydrogens is 220 g/mol. The largest absolute Gasteiger partial charge is 0.294 e. The molecule has 0 amide bonds. The van der Waals surface area contributed by atoms with Gasteiger partial charge in [-0.2, -0.15) is 0 Å². The van der Waals surface area contributed by atoms with Crippen molar-refractivity contribution in [3.05, 3.63) is 35.0 Å². The Kier molecular flexibility index (Phi) is 3.10. The number of carbonyl (C=O) groups is 1. The summed E-state index contributed by atoms with van der Waals surface area (Å²) in [6.45, 7) is 3.64. The van der Waals surface area contributed by atoms with Gasteiger partial charge in [-0.1, -0.05) is 13.0 Å². The average molecular weight is 232 g/mol. The number of Topliss-reactive ketones (excluding diaryl/α,β-unsaturated/α-hetero) is 1. The van der Waals surface area contributed by atoms with Crippen LogP contribution in [0.2, 0.25) is 0 Å². The Hall–Kier alpha value is -1.55. The van der Waals surface area contributed by atoms with Crippen molar-refractivity contribution in [3.8, 4) is 10.7 Å². The van der Waals surface area contributed by atoms with Crippen molar-refractivity contribution < 1.29 is 4.79 Å². The summed E-state index contributed by atoms with van der Waals surface area (Å²) in [6, 6.07) is 3.96. The maximum atomic E-state index is 11.2. The molecule has 0 saturated carbocycles. The Morgan fingerprint density at radius 2 is 2.25 bits per heavy atom. The average Bonchev–Trinajstić information content (AvgIpc) is 2.78. The molecular formula is C12H12N2OS. The highest BCUT2D eigenvalue weighted by Crippen LogP contribution is 2.26. The summed E-state index contributed by atoms with van der Waals surface area (Å²) in [5.41, 5.74) is 2.05. The minimum Gasteiger partial charge on any atom is -0.294 e. The molecule has 0 N–H and O–H groups in total. The maximum absolute atomic E-state index is 11.2. The Morgan fingerprint density at radius 3 is 2.88 bits per heavy atom. The normalized spacial score (nSPS) is 10.4. The molecule has 2 heterocycles. The fraction of sp³-hybridized carbons (Fsp3) is 0.250. The third-order valence-electron chi connectivity index (χ3n) is 2.33. The smallest absolute Gasteiger partial charge is 0.171 e. The van der Waals surface area contributed by atoms with Crippen LogP contribution >= 0.6 is 11.3 Å². The van der Waals surface area contributed by atoms with Crippen LogP contribution in [0.3, 0.4) is 0 Å². The van der Waals surface area contributed by atoms with Crippen LogP contribution in [0.25, 0.3) is 10.7 Å². The molecule has 3 nitrogen and oxygen atoms in total. The summed E-state index contributed by atoms with van der Waals surface area (Å²) >= 11 is 1.40. The van der Waals surface area contributed by atoms with Gasteiger partial charge in [0, 0.05) is 19.3 Å². The van der Waals surface area contributed by atoms with Crippen LogP contribution < -0.4 is 0 Å². The second-order valence-corrected chi connectivity index (χ2v) is 4.48. The molecule has 0 aromatic carbocycles. The first-order valence-electron chi connectivity index (χ1n) is 5.13. The molecule has 0 bridgehead atoms. The number of carbonyl (C=O) groups excluding carboxylic acids is 1. The fourth-order valence-corrected chi connectivity index (χ4v) is 2.31. The lowest BCUT2D eigenvalue weighted by atomic mass is 10.1. The van der Waals surface area contributed by atoms with E-state index >= 15 is 0 Å². The van der Waals surface area contributed by atoms with Crippen LogP contribution in [-0.2, 0) is 6.42 Å². The number of rotatable bonds is 3. The van der Waals surface area contributed by atoms with Crippen LogP contribution in [0.15, 0.2) is 24.5 Å². The predicted octanol–water partition coefficient (Wildman–Crippen LogP) is 2.97. The minimum atomic E-state index is 0.0535. The number of thiazole rings is 1. The van der Waals surface area contributed by atoms with Crippen molar-refractivity contribution in [3.63, 3.8) is 0 Å². The van der Waals surface area contributed by atoms with E-state index in [0.717, 1.165) is 22.7 Å². The molecule has 0 aliphatic rings. The van der Waals surface area contributed by atoms with E-state index in [1.165, 1.54) is 11.3 Å². The highest BCUT2D eigenvalue weighted by Gasteiger charge is 2.11.